The molecule has 0 unspecified atom stereocenters. The second kappa shape index (κ2) is 6.14. The SMILES string of the molecule is CC(C)[N+]1=CCc2c(-c3c(-c4ccc(O)cc4O)[nH][nH]c3=S)cccc21. The second-order valence-corrected chi connectivity index (χ2v) is 7.13. The molecule has 6 heteroatoms. The number of fused-ring (bicyclic) bond motifs is 1. The summed E-state index contributed by atoms with van der Waals surface area (Å²) in [5.41, 5.74) is 5.62. The minimum Gasteiger partial charge on any atom is -0.508 e. The van der Waals surface area contributed by atoms with Crippen LogP contribution in [0.4, 0.5) is 5.69 Å². The van der Waals surface area contributed by atoms with Gasteiger partial charge in [0, 0.05) is 28.8 Å². The van der Waals surface area contributed by atoms with E-state index in [-0.39, 0.29) is 11.5 Å². The van der Waals surface area contributed by atoms with Gasteiger partial charge in [-0.25, -0.2) is 0 Å². The Morgan fingerprint density at radius 2 is 1.88 bits per heavy atom. The fraction of sp³-hybridized carbons (Fsp3) is 0.200. The summed E-state index contributed by atoms with van der Waals surface area (Å²) in [6, 6.07) is 11.2. The standard InChI is InChI=1S/C20H19N3O2S/c1-11(2)23-9-8-13-14(4-3-5-16(13)23)18-19(21-22-20(18)26)15-7-6-12(24)10-17(15)25/h3-7,9-11H,8H2,1-2H3,(H3-,21,22,24,25,26)/p+1. The van der Waals surface area contributed by atoms with Crippen molar-refractivity contribution in [3.8, 4) is 33.9 Å². The van der Waals surface area contributed by atoms with Crippen molar-refractivity contribution < 1.29 is 14.8 Å². The predicted molar refractivity (Wildman–Crippen MR) is 105 cm³/mol. The van der Waals surface area contributed by atoms with E-state index in [1.807, 2.05) is 6.07 Å². The van der Waals surface area contributed by atoms with E-state index < -0.39 is 0 Å². The third-order valence-corrected chi connectivity index (χ3v) is 5.08. The van der Waals surface area contributed by atoms with Crippen LogP contribution in [0, 0.1) is 4.64 Å². The molecule has 0 bridgehead atoms. The summed E-state index contributed by atoms with van der Waals surface area (Å²) in [7, 11) is 0. The minimum absolute atomic E-state index is 0.000513. The van der Waals surface area contributed by atoms with Crippen LogP contribution in [0.1, 0.15) is 19.4 Å². The van der Waals surface area contributed by atoms with E-state index in [2.05, 4.69) is 47.0 Å². The van der Waals surface area contributed by atoms with Crippen LogP contribution < -0.4 is 0 Å². The molecule has 0 fully saturated rings. The smallest absolute Gasteiger partial charge is 0.209 e. The van der Waals surface area contributed by atoms with Crippen LogP contribution in [-0.2, 0) is 6.42 Å². The molecule has 4 rings (SSSR count). The van der Waals surface area contributed by atoms with Crippen molar-refractivity contribution in [1.29, 1.82) is 0 Å². The first-order valence-corrected chi connectivity index (χ1v) is 8.95. The lowest BCUT2D eigenvalue weighted by Gasteiger charge is -2.10. The molecule has 0 amide bonds. The van der Waals surface area contributed by atoms with Gasteiger partial charge < -0.3 is 10.2 Å². The van der Waals surface area contributed by atoms with Crippen molar-refractivity contribution in [2.45, 2.75) is 26.3 Å². The molecule has 132 valence electrons. The zero-order chi connectivity index (χ0) is 18.4. The maximum Gasteiger partial charge on any atom is 0.209 e. The van der Waals surface area contributed by atoms with Crippen molar-refractivity contribution >= 4 is 24.1 Å². The van der Waals surface area contributed by atoms with Crippen molar-refractivity contribution in [1.82, 2.24) is 10.2 Å². The molecule has 0 spiro atoms. The van der Waals surface area contributed by atoms with Gasteiger partial charge in [0.2, 0.25) is 5.69 Å². The molecule has 1 aromatic heterocycles. The van der Waals surface area contributed by atoms with Gasteiger partial charge in [0.15, 0.2) is 12.3 Å². The molecule has 0 saturated heterocycles. The maximum atomic E-state index is 10.3. The maximum absolute atomic E-state index is 10.3. The Labute approximate surface area is 156 Å². The summed E-state index contributed by atoms with van der Waals surface area (Å²) >= 11 is 5.53. The minimum atomic E-state index is -0.000513. The highest BCUT2D eigenvalue weighted by Gasteiger charge is 2.28. The van der Waals surface area contributed by atoms with Crippen molar-refractivity contribution in [3.63, 3.8) is 0 Å². The molecule has 3 aromatic rings. The number of rotatable bonds is 3. The molecule has 26 heavy (non-hydrogen) atoms. The number of phenols is 2. The lowest BCUT2D eigenvalue weighted by molar-refractivity contribution is -0.468. The average Bonchev–Trinajstić information content (AvgIpc) is 3.18. The Balaban J connectivity index is 1.92. The van der Waals surface area contributed by atoms with Crippen LogP contribution in [0.15, 0.2) is 36.4 Å². The molecule has 1 aliphatic heterocycles. The van der Waals surface area contributed by atoms with Crippen LogP contribution in [-0.4, -0.2) is 37.2 Å². The second-order valence-electron chi connectivity index (χ2n) is 6.72. The molecule has 5 nitrogen and oxygen atoms in total. The number of aromatic amines is 2. The van der Waals surface area contributed by atoms with Crippen LogP contribution in [0.3, 0.4) is 0 Å². The summed E-state index contributed by atoms with van der Waals surface area (Å²) < 4.78 is 2.86. The number of hydrogen-bond donors (Lipinski definition) is 4. The van der Waals surface area contributed by atoms with E-state index in [4.69, 9.17) is 12.2 Å². The normalized spacial score (nSPS) is 13.1. The monoisotopic (exact) mass is 366 g/mol. The summed E-state index contributed by atoms with van der Waals surface area (Å²) in [6.07, 6.45) is 3.04. The highest BCUT2D eigenvalue weighted by Crippen LogP contribution is 2.41. The van der Waals surface area contributed by atoms with Gasteiger partial charge in [-0.1, -0.05) is 24.4 Å². The number of phenolic OH excluding ortho intramolecular Hbond substituents is 2. The zero-order valence-electron chi connectivity index (χ0n) is 14.6. The molecular weight excluding hydrogens is 346 g/mol. The summed E-state index contributed by atoms with van der Waals surface area (Å²) in [6.45, 7) is 4.33. The van der Waals surface area contributed by atoms with Crippen LogP contribution in [0.25, 0.3) is 22.4 Å². The predicted octanol–water partition coefficient (Wildman–Crippen LogP) is 4.50. The Morgan fingerprint density at radius 1 is 1.08 bits per heavy atom. The van der Waals surface area contributed by atoms with E-state index in [0.29, 0.717) is 21.9 Å². The zero-order valence-corrected chi connectivity index (χ0v) is 15.4. The highest BCUT2D eigenvalue weighted by atomic mass is 32.1. The van der Waals surface area contributed by atoms with E-state index in [0.717, 1.165) is 17.5 Å². The number of hydrogen-bond acceptors (Lipinski definition) is 3. The first-order valence-electron chi connectivity index (χ1n) is 8.54. The molecule has 0 atom stereocenters. The molecule has 4 N–H and O–H groups in total. The van der Waals surface area contributed by atoms with Crippen LogP contribution in [0.2, 0.25) is 0 Å². The number of nitrogens with zero attached hydrogens (tertiary/aromatic N) is 1. The van der Waals surface area contributed by atoms with Crippen molar-refractivity contribution in [3.05, 3.63) is 46.6 Å². The summed E-state index contributed by atoms with van der Waals surface area (Å²) in [4.78, 5) is 0. The number of benzene rings is 2. The largest absolute Gasteiger partial charge is 0.508 e. The molecule has 2 heterocycles. The average molecular weight is 366 g/mol. The number of H-pyrrole nitrogens is 2. The first kappa shape index (κ1) is 16.6. The van der Waals surface area contributed by atoms with E-state index in [1.54, 1.807) is 12.1 Å². The number of nitrogens with one attached hydrogen (secondary N) is 2. The lowest BCUT2D eigenvalue weighted by atomic mass is 9.95. The Bertz CT molecular complexity index is 1090. The van der Waals surface area contributed by atoms with E-state index in [9.17, 15) is 10.2 Å². The van der Waals surface area contributed by atoms with Crippen molar-refractivity contribution in [2.24, 2.45) is 0 Å². The summed E-state index contributed by atoms with van der Waals surface area (Å²) in [5, 5.41) is 25.9. The molecule has 0 saturated carbocycles. The molecule has 0 radical (unpaired) electrons. The lowest BCUT2D eigenvalue weighted by Crippen LogP contribution is -2.13. The third kappa shape index (κ3) is 2.54. The van der Waals surface area contributed by atoms with Gasteiger partial charge in [-0.15, -0.1) is 0 Å². The van der Waals surface area contributed by atoms with Gasteiger partial charge in [0.25, 0.3) is 0 Å². The Hall–Kier alpha value is -2.86. The number of aromatic hydroxyl groups is 2. The summed E-state index contributed by atoms with van der Waals surface area (Å²) in [5.74, 6) is 0.0177. The molecule has 1 aliphatic rings. The Kier molecular flexibility index (Phi) is 3.92. The van der Waals surface area contributed by atoms with Crippen molar-refractivity contribution in [2.75, 3.05) is 0 Å². The third-order valence-electron chi connectivity index (χ3n) is 4.78. The molecular formula is C20H20N3O2S+. The first-order chi connectivity index (χ1) is 12.5. The van der Waals surface area contributed by atoms with Gasteiger partial charge >= 0.3 is 0 Å². The number of aromatic nitrogens is 2. The Morgan fingerprint density at radius 3 is 2.62 bits per heavy atom. The highest BCUT2D eigenvalue weighted by molar-refractivity contribution is 7.71. The quantitative estimate of drug-likeness (QED) is 0.407. The topological polar surface area (TPSA) is 75.0 Å². The van der Waals surface area contributed by atoms with Gasteiger partial charge in [0.1, 0.15) is 16.1 Å². The van der Waals surface area contributed by atoms with Crippen LogP contribution >= 0.6 is 12.2 Å². The molecule has 2 aromatic carbocycles. The van der Waals surface area contributed by atoms with Gasteiger partial charge in [0.05, 0.1) is 12.1 Å². The fourth-order valence-electron chi connectivity index (χ4n) is 3.59. The fourth-order valence-corrected chi connectivity index (χ4v) is 3.85. The van der Waals surface area contributed by atoms with E-state index >= 15 is 0 Å². The van der Waals surface area contributed by atoms with E-state index in [1.165, 1.54) is 17.3 Å². The molecule has 0 aliphatic carbocycles. The van der Waals surface area contributed by atoms with Gasteiger partial charge in [-0.3, -0.25) is 10.2 Å². The van der Waals surface area contributed by atoms with Gasteiger partial charge in [-0.05, 0) is 31.5 Å². The van der Waals surface area contributed by atoms with Crippen LogP contribution in [0.5, 0.6) is 11.5 Å². The van der Waals surface area contributed by atoms with Gasteiger partial charge in [-0.2, -0.15) is 4.58 Å².